The van der Waals surface area contributed by atoms with Gasteiger partial charge in [-0.1, -0.05) is 12.8 Å². The van der Waals surface area contributed by atoms with Gasteiger partial charge in [0, 0.05) is 24.0 Å². The average molecular weight is 316 g/mol. The first-order chi connectivity index (χ1) is 9.46. The molecule has 4 nitrogen and oxygen atoms in total. The molecule has 20 heavy (non-hydrogen) atoms. The van der Waals surface area contributed by atoms with Crippen molar-refractivity contribution in [3.8, 4) is 0 Å². The molecule has 1 fully saturated rings. The van der Waals surface area contributed by atoms with Crippen LogP contribution in [0.2, 0.25) is 0 Å². The minimum absolute atomic E-state index is 0.109. The monoisotopic (exact) mass is 316 g/mol. The molecule has 1 unspecified atom stereocenters. The van der Waals surface area contributed by atoms with Crippen LogP contribution in [0.1, 0.15) is 43.0 Å². The quantitative estimate of drug-likeness (QED) is 0.929. The van der Waals surface area contributed by atoms with E-state index in [4.69, 9.17) is 0 Å². The summed E-state index contributed by atoms with van der Waals surface area (Å²) in [6.07, 6.45) is 4.19. The smallest absolute Gasteiger partial charge is 0.252 e. The Morgan fingerprint density at radius 1 is 1.40 bits per heavy atom. The molecule has 1 aromatic rings. The predicted octanol–water partition coefficient (Wildman–Crippen LogP) is 2.73. The maximum Gasteiger partial charge on any atom is 0.252 e. The van der Waals surface area contributed by atoms with E-state index in [9.17, 15) is 8.42 Å². The summed E-state index contributed by atoms with van der Waals surface area (Å²) in [5.74, 6) is 0. The number of hydrogen-bond donors (Lipinski definition) is 1. The molecule has 1 atom stereocenters. The van der Waals surface area contributed by atoms with Gasteiger partial charge in [0.15, 0.2) is 0 Å². The zero-order valence-electron chi connectivity index (χ0n) is 12.5. The van der Waals surface area contributed by atoms with Crippen molar-refractivity contribution in [2.75, 3.05) is 13.6 Å². The van der Waals surface area contributed by atoms with Crippen LogP contribution in [-0.2, 0) is 16.6 Å². The van der Waals surface area contributed by atoms with E-state index in [-0.39, 0.29) is 6.04 Å². The molecule has 0 amide bonds. The summed E-state index contributed by atoms with van der Waals surface area (Å²) in [6, 6.07) is 1.93. The lowest BCUT2D eigenvalue weighted by Gasteiger charge is -2.25. The van der Waals surface area contributed by atoms with Crippen LogP contribution in [0.4, 0.5) is 0 Å². The molecule has 1 N–H and O–H groups in total. The molecule has 0 aliphatic carbocycles. The standard InChI is InChI=1S/C14H24N2O2S2/c1-11-9-14(19-13(11)10-15-3)20(17,18)16-8-6-4-5-7-12(16)2/h9,12,15H,4-8,10H2,1-3H3. The summed E-state index contributed by atoms with van der Waals surface area (Å²) in [5.41, 5.74) is 1.06. The Labute approximate surface area is 126 Å². The van der Waals surface area contributed by atoms with Crippen molar-refractivity contribution in [3.63, 3.8) is 0 Å². The van der Waals surface area contributed by atoms with E-state index in [0.29, 0.717) is 10.8 Å². The molecule has 1 aliphatic rings. The number of sulfonamides is 1. The molecule has 1 aromatic heterocycles. The third kappa shape index (κ3) is 3.24. The summed E-state index contributed by atoms with van der Waals surface area (Å²) in [4.78, 5) is 1.11. The van der Waals surface area contributed by atoms with Crippen molar-refractivity contribution < 1.29 is 8.42 Å². The topological polar surface area (TPSA) is 49.4 Å². The van der Waals surface area contributed by atoms with Crippen LogP contribution in [0.25, 0.3) is 0 Å². The molecule has 0 radical (unpaired) electrons. The SMILES string of the molecule is CNCc1sc(S(=O)(=O)N2CCCCCC2C)cc1C. The van der Waals surface area contributed by atoms with Crippen LogP contribution in [0, 0.1) is 6.92 Å². The summed E-state index contributed by atoms with van der Waals surface area (Å²) >= 11 is 1.40. The second-order valence-corrected chi connectivity index (χ2v) is 8.77. The van der Waals surface area contributed by atoms with Gasteiger partial charge in [0.05, 0.1) is 0 Å². The van der Waals surface area contributed by atoms with Crippen LogP contribution in [0.3, 0.4) is 0 Å². The molecule has 2 rings (SSSR count). The fourth-order valence-electron chi connectivity index (χ4n) is 2.67. The molecule has 114 valence electrons. The number of nitrogens with zero attached hydrogens (tertiary/aromatic N) is 1. The number of aryl methyl sites for hydroxylation is 1. The van der Waals surface area contributed by atoms with Crippen LogP contribution >= 0.6 is 11.3 Å². The predicted molar refractivity (Wildman–Crippen MR) is 83.6 cm³/mol. The Kier molecular flexibility index (Phi) is 5.23. The summed E-state index contributed by atoms with van der Waals surface area (Å²) in [7, 11) is -1.45. The van der Waals surface area contributed by atoms with Crippen molar-refractivity contribution in [1.29, 1.82) is 0 Å². The second-order valence-electron chi connectivity index (χ2n) is 5.52. The van der Waals surface area contributed by atoms with Gasteiger partial charge in [0.1, 0.15) is 4.21 Å². The maximum absolute atomic E-state index is 12.8. The van der Waals surface area contributed by atoms with E-state index in [1.165, 1.54) is 11.3 Å². The van der Waals surface area contributed by atoms with Crippen LogP contribution in [-0.4, -0.2) is 32.4 Å². The molecule has 6 heteroatoms. The first-order valence-electron chi connectivity index (χ1n) is 7.22. The van der Waals surface area contributed by atoms with Crippen LogP contribution < -0.4 is 5.32 Å². The van der Waals surface area contributed by atoms with Gasteiger partial charge < -0.3 is 5.32 Å². The van der Waals surface area contributed by atoms with Gasteiger partial charge in [-0.2, -0.15) is 4.31 Å². The van der Waals surface area contributed by atoms with Crippen molar-refractivity contribution >= 4 is 21.4 Å². The minimum atomic E-state index is -3.33. The van der Waals surface area contributed by atoms with Gasteiger partial charge in [-0.15, -0.1) is 11.3 Å². The highest BCUT2D eigenvalue weighted by molar-refractivity contribution is 7.91. The zero-order chi connectivity index (χ0) is 14.8. The number of nitrogens with one attached hydrogen (secondary N) is 1. The van der Waals surface area contributed by atoms with Crippen LogP contribution in [0.15, 0.2) is 10.3 Å². The lowest BCUT2D eigenvalue weighted by atomic mass is 10.1. The van der Waals surface area contributed by atoms with Gasteiger partial charge in [-0.3, -0.25) is 0 Å². The Morgan fingerprint density at radius 2 is 2.15 bits per heavy atom. The van der Waals surface area contributed by atoms with Crippen molar-refractivity contribution in [2.24, 2.45) is 0 Å². The van der Waals surface area contributed by atoms with E-state index in [1.54, 1.807) is 4.31 Å². The summed E-state index contributed by atoms with van der Waals surface area (Å²) in [6.45, 7) is 5.38. The zero-order valence-corrected chi connectivity index (χ0v) is 14.1. The highest BCUT2D eigenvalue weighted by Gasteiger charge is 2.31. The highest BCUT2D eigenvalue weighted by atomic mass is 32.2. The Balaban J connectivity index is 2.31. The fraction of sp³-hybridized carbons (Fsp3) is 0.714. The van der Waals surface area contributed by atoms with Gasteiger partial charge in [0.25, 0.3) is 10.0 Å². The third-order valence-corrected chi connectivity index (χ3v) is 7.59. The molecular formula is C14H24N2O2S2. The van der Waals surface area contributed by atoms with Gasteiger partial charge in [0.2, 0.25) is 0 Å². The average Bonchev–Trinajstić information content (AvgIpc) is 2.62. The molecule has 1 aliphatic heterocycles. The molecular weight excluding hydrogens is 292 g/mol. The third-order valence-electron chi connectivity index (χ3n) is 3.89. The first kappa shape index (κ1) is 15.9. The number of hydrogen-bond acceptors (Lipinski definition) is 4. The molecule has 1 saturated heterocycles. The largest absolute Gasteiger partial charge is 0.315 e. The van der Waals surface area contributed by atoms with E-state index in [1.807, 2.05) is 27.0 Å². The first-order valence-corrected chi connectivity index (χ1v) is 9.48. The Morgan fingerprint density at radius 3 is 2.85 bits per heavy atom. The number of rotatable bonds is 4. The second kappa shape index (κ2) is 6.56. The lowest BCUT2D eigenvalue weighted by Crippen LogP contribution is -2.37. The van der Waals surface area contributed by atoms with E-state index in [2.05, 4.69) is 5.32 Å². The molecule has 2 heterocycles. The van der Waals surface area contributed by atoms with Gasteiger partial charge >= 0.3 is 0 Å². The summed E-state index contributed by atoms with van der Waals surface area (Å²) in [5, 5.41) is 3.09. The van der Waals surface area contributed by atoms with E-state index in [0.717, 1.165) is 42.7 Å². The number of thiophene rings is 1. The van der Waals surface area contributed by atoms with Gasteiger partial charge in [-0.25, -0.2) is 8.42 Å². The van der Waals surface area contributed by atoms with Crippen molar-refractivity contribution in [1.82, 2.24) is 9.62 Å². The van der Waals surface area contributed by atoms with Crippen molar-refractivity contribution in [3.05, 3.63) is 16.5 Å². The molecule has 0 spiro atoms. The summed E-state index contributed by atoms with van der Waals surface area (Å²) < 4.78 is 27.9. The highest BCUT2D eigenvalue weighted by Crippen LogP contribution is 2.31. The lowest BCUT2D eigenvalue weighted by molar-refractivity contribution is 0.343. The fourth-order valence-corrected chi connectivity index (χ4v) is 6.10. The molecule has 0 aromatic carbocycles. The minimum Gasteiger partial charge on any atom is -0.315 e. The normalized spacial score (nSPS) is 21.9. The molecule has 0 saturated carbocycles. The van der Waals surface area contributed by atoms with Gasteiger partial charge in [-0.05, 0) is 45.4 Å². The Bertz CT molecular complexity index is 552. The van der Waals surface area contributed by atoms with E-state index >= 15 is 0 Å². The Hall–Kier alpha value is -0.430. The molecule has 0 bridgehead atoms. The van der Waals surface area contributed by atoms with Crippen molar-refractivity contribution in [2.45, 2.75) is 56.3 Å². The van der Waals surface area contributed by atoms with E-state index < -0.39 is 10.0 Å². The maximum atomic E-state index is 12.8. The van der Waals surface area contributed by atoms with Crippen LogP contribution in [0.5, 0.6) is 0 Å².